The van der Waals surface area contributed by atoms with Gasteiger partial charge in [0.2, 0.25) is 23.7 Å². The number of nitrogens with two attached hydrogens (primary N) is 2. The second-order valence-electron chi connectivity index (χ2n) is 13.9. The minimum Gasteiger partial charge on any atom is -0.366 e. The van der Waals surface area contributed by atoms with E-state index < -0.39 is 66.4 Å². The van der Waals surface area contributed by atoms with Gasteiger partial charge in [-0.25, -0.2) is 9.97 Å². The highest BCUT2D eigenvalue weighted by atomic mass is 19.3. The summed E-state index contributed by atoms with van der Waals surface area (Å²) in [5.41, 5.74) is 12.0. The molecule has 6 rings (SSSR count). The number of nitrogens with one attached hydrogen (secondary N) is 2. The number of primary amides is 2. The number of hydrogen-bond acceptors (Lipinski definition) is 8. The Bertz CT molecular complexity index is 2580. The molecule has 0 aliphatic carbocycles. The molecule has 0 atom stereocenters. The van der Waals surface area contributed by atoms with Crippen molar-refractivity contribution in [1.82, 2.24) is 38.7 Å². The first-order valence-corrected chi connectivity index (χ1v) is 17.9. The minimum atomic E-state index is -4.89. The van der Waals surface area contributed by atoms with E-state index in [2.05, 4.69) is 30.8 Å². The Hall–Kier alpha value is -6.60. The Morgan fingerprint density at radius 3 is 1.67 bits per heavy atom. The standard InChI is InChI=1S/C37H40F4N12O4/c1-7-52-27(11-19(5)48-52)32(56)46-34-44-24-14-21(30(42)54)9-10-26(24)50(34)16-36(38,39)37(40,41)17-51-29-23(18(3)4)13-22(31(43)55)15-25(29)45-35(51)47-33(57)28-12-20(6)49-53(28)8-2/h9-15,18H,7-8,16-17H2,1-6H3,(H2,42,54)(H2,43,55)(H,44,46,56)(H,45,47,57). The van der Waals surface area contributed by atoms with Gasteiger partial charge in [-0.2, -0.15) is 27.8 Å². The van der Waals surface area contributed by atoms with Crippen molar-refractivity contribution in [2.45, 2.75) is 85.5 Å². The van der Waals surface area contributed by atoms with Gasteiger partial charge in [0.25, 0.3) is 11.8 Å². The van der Waals surface area contributed by atoms with Crippen molar-refractivity contribution in [3.05, 3.63) is 81.9 Å². The number of halogens is 4. The van der Waals surface area contributed by atoms with Gasteiger partial charge in [0.15, 0.2) is 0 Å². The van der Waals surface area contributed by atoms with Gasteiger partial charge >= 0.3 is 11.8 Å². The number of carbonyl (C=O) groups excluding carboxylic acids is 4. The molecule has 4 heterocycles. The molecule has 0 unspecified atom stereocenters. The Morgan fingerprint density at radius 2 is 1.18 bits per heavy atom. The van der Waals surface area contributed by atoms with E-state index in [1.165, 1.54) is 51.8 Å². The highest BCUT2D eigenvalue weighted by Crippen LogP contribution is 2.41. The predicted octanol–water partition coefficient (Wildman–Crippen LogP) is 5.23. The molecule has 0 saturated carbocycles. The molecular weight excluding hydrogens is 752 g/mol. The number of alkyl halides is 4. The van der Waals surface area contributed by atoms with Crippen LogP contribution in [0.25, 0.3) is 22.1 Å². The van der Waals surface area contributed by atoms with E-state index in [1.807, 2.05) is 0 Å². The highest BCUT2D eigenvalue weighted by molar-refractivity contribution is 6.05. The first kappa shape index (κ1) is 40.1. The lowest BCUT2D eigenvalue weighted by molar-refractivity contribution is -0.220. The van der Waals surface area contributed by atoms with Crippen LogP contribution in [-0.4, -0.2) is 74.1 Å². The highest BCUT2D eigenvalue weighted by Gasteiger charge is 2.57. The monoisotopic (exact) mass is 792 g/mol. The number of fused-ring (bicyclic) bond motifs is 2. The maximum atomic E-state index is 16.5. The van der Waals surface area contributed by atoms with Gasteiger partial charge < -0.3 is 20.6 Å². The predicted molar refractivity (Wildman–Crippen MR) is 202 cm³/mol. The quantitative estimate of drug-likeness (QED) is 0.107. The van der Waals surface area contributed by atoms with E-state index >= 15 is 17.6 Å². The smallest absolute Gasteiger partial charge is 0.329 e. The van der Waals surface area contributed by atoms with Crippen molar-refractivity contribution >= 4 is 57.6 Å². The van der Waals surface area contributed by atoms with Crippen LogP contribution in [0.1, 0.15) is 92.3 Å². The van der Waals surface area contributed by atoms with Crippen LogP contribution in [0.3, 0.4) is 0 Å². The first-order valence-electron chi connectivity index (χ1n) is 17.9. The van der Waals surface area contributed by atoms with Crippen LogP contribution >= 0.6 is 0 Å². The van der Waals surface area contributed by atoms with Gasteiger partial charge in [-0.1, -0.05) is 13.8 Å². The van der Waals surface area contributed by atoms with Crippen molar-refractivity contribution in [2.75, 3.05) is 10.6 Å². The zero-order valence-corrected chi connectivity index (χ0v) is 31.8. The number of aryl methyl sites for hydroxylation is 4. The SMILES string of the molecule is CCn1nc(C)cc1C(=O)Nc1nc2cc(C(N)=O)ccc2n1CC(F)(F)C(F)(F)Cn1c(NC(=O)c2cc(C)nn2CC)nc2cc(C(N)=O)cc(C(C)C)c21. The third kappa shape index (κ3) is 7.53. The maximum Gasteiger partial charge on any atom is 0.329 e. The van der Waals surface area contributed by atoms with Crippen LogP contribution in [0.2, 0.25) is 0 Å². The fourth-order valence-electron chi connectivity index (χ4n) is 6.57. The Kier molecular flexibility index (Phi) is 10.4. The van der Waals surface area contributed by atoms with Crippen LogP contribution in [0.4, 0.5) is 29.5 Å². The number of benzene rings is 2. The molecule has 0 fully saturated rings. The van der Waals surface area contributed by atoms with Gasteiger partial charge in [-0.3, -0.25) is 39.2 Å². The molecule has 2 aromatic carbocycles. The molecule has 4 amide bonds. The molecule has 0 saturated heterocycles. The fourth-order valence-corrected chi connectivity index (χ4v) is 6.57. The molecule has 20 heteroatoms. The molecule has 0 spiro atoms. The summed E-state index contributed by atoms with van der Waals surface area (Å²) in [5.74, 6) is -14.5. The number of imidazole rings is 2. The summed E-state index contributed by atoms with van der Waals surface area (Å²) >= 11 is 0. The van der Waals surface area contributed by atoms with Crippen LogP contribution in [0, 0.1) is 13.8 Å². The van der Waals surface area contributed by atoms with E-state index in [0.717, 1.165) is 4.57 Å². The summed E-state index contributed by atoms with van der Waals surface area (Å²) in [4.78, 5) is 59.7. The van der Waals surface area contributed by atoms with E-state index in [4.69, 9.17) is 11.5 Å². The van der Waals surface area contributed by atoms with Gasteiger partial charge in [0.05, 0.1) is 46.5 Å². The molecule has 6 aromatic rings. The molecule has 0 aliphatic rings. The van der Waals surface area contributed by atoms with Crippen molar-refractivity contribution in [3.8, 4) is 0 Å². The molecule has 6 N–H and O–H groups in total. The topological polar surface area (TPSA) is 216 Å². The third-order valence-corrected chi connectivity index (χ3v) is 9.38. The fraction of sp³-hybridized carbons (Fsp3) is 0.351. The Morgan fingerprint density at radius 1 is 0.702 bits per heavy atom. The minimum absolute atomic E-state index is 0.0105. The molecule has 0 bridgehead atoms. The lowest BCUT2D eigenvalue weighted by Crippen LogP contribution is -2.47. The van der Waals surface area contributed by atoms with Gasteiger partial charge in [0.1, 0.15) is 11.4 Å². The number of nitrogens with zero attached hydrogens (tertiary/aromatic N) is 8. The van der Waals surface area contributed by atoms with E-state index in [-0.39, 0.29) is 63.2 Å². The lowest BCUT2D eigenvalue weighted by Gasteiger charge is -2.29. The molecule has 16 nitrogen and oxygen atoms in total. The van der Waals surface area contributed by atoms with Crippen molar-refractivity contribution in [3.63, 3.8) is 0 Å². The van der Waals surface area contributed by atoms with E-state index in [9.17, 15) is 19.2 Å². The van der Waals surface area contributed by atoms with Gasteiger partial charge in [-0.15, -0.1) is 0 Å². The van der Waals surface area contributed by atoms with Crippen molar-refractivity contribution in [2.24, 2.45) is 11.5 Å². The largest absolute Gasteiger partial charge is 0.366 e. The average Bonchev–Trinajstić information content (AvgIpc) is 3.89. The number of carbonyl (C=O) groups is 4. The Labute approximate surface area is 322 Å². The van der Waals surface area contributed by atoms with Crippen LogP contribution in [0.5, 0.6) is 0 Å². The molecule has 0 radical (unpaired) electrons. The molecule has 0 aliphatic heterocycles. The second kappa shape index (κ2) is 14.8. The zero-order chi connectivity index (χ0) is 41.7. The normalized spacial score (nSPS) is 12.2. The summed E-state index contributed by atoms with van der Waals surface area (Å²) in [6.45, 7) is 7.32. The lowest BCUT2D eigenvalue weighted by atomic mass is 9.98. The molecule has 4 aromatic heterocycles. The molecule has 57 heavy (non-hydrogen) atoms. The summed E-state index contributed by atoms with van der Waals surface area (Å²) in [6.07, 6.45) is 0. The van der Waals surface area contributed by atoms with Gasteiger partial charge in [0, 0.05) is 24.2 Å². The molecular formula is C37H40F4N12O4. The van der Waals surface area contributed by atoms with Crippen molar-refractivity contribution < 1.29 is 36.7 Å². The number of rotatable bonds is 14. The summed E-state index contributed by atoms with van der Waals surface area (Å²) in [5, 5.41) is 13.4. The number of hydrogen-bond donors (Lipinski definition) is 4. The van der Waals surface area contributed by atoms with Crippen molar-refractivity contribution in [1.29, 1.82) is 0 Å². The van der Waals surface area contributed by atoms with Crippen LogP contribution < -0.4 is 22.1 Å². The first-order chi connectivity index (χ1) is 26.7. The number of amides is 4. The van der Waals surface area contributed by atoms with E-state index in [1.54, 1.807) is 41.5 Å². The summed E-state index contributed by atoms with van der Waals surface area (Å²) in [7, 11) is 0. The summed E-state index contributed by atoms with van der Waals surface area (Å²) < 4.78 is 70.2. The van der Waals surface area contributed by atoms with E-state index in [0.29, 0.717) is 16.0 Å². The van der Waals surface area contributed by atoms with Crippen LogP contribution in [-0.2, 0) is 26.2 Å². The Balaban J connectivity index is 1.45. The van der Waals surface area contributed by atoms with Gasteiger partial charge in [-0.05, 0) is 81.6 Å². The van der Waals surface area contributed by atoms with Crippen LogP contribution in [0.15, 0.2) is 42.5 Å². The molecule has 300 valence electrons. The maximum absolute atomic E-state index is 16.5. The zero-order valence-electron chi connectivity index (χ0n) is 31.8. The number of anilines is 2. The average molecular weight is 793 g/mol. The third-order valence-electron chi connectivity index (χ3n) is 9.38. The number of aromatic nitrogens is 8. The summed E-state index contributed by atoms with van der Waals surface area (Å²) in [6, 6.07) is 9.13. The second-order valence-corrected chi connectivity index (χ2v) is 13.9.